The smallest absolute Gasteiger partial charge is 0.224 e. The lowest BCUT2D eigenvalue weighted by Gasteiger charge is -2.17. The van der Waals surface area contributed by atoms with Gasteiger partial charge in [0.15, 0.2) is 5.15 Å². The Morgan fingerprint density at radius 3 is 2.67 bits per heavy atom. The fourth-order valence-corrected chi connectivity index (χ4v) is 2.85. The van der Waals surface area contributed by atoms with Gasteiger partial charge in [-0.25, -0.2) is 4.39 Å². The minimum atomic E-state index is -0.282. The average molecular weight is 346 g/mol. The molecule has 24 heavy (non-hydrogen) atoms. The van der Waals surface area contributed by atoms with Crippen LogP contribution in [0.2, 0.25) is 5.15 Å². The van der Waals surface area contributed by atoms with Crippen molar-refractivity contribution in [2.45, 2.75) is 19.5 Å². The average Bonchev–Trinajstić information content (AvgIpc) is 2.91. The number of para-hydroxylation sites is 1. The van der Waals surface area contributed by atoms with Crippen LogP contribution in [-0.4, -0.2) is 27.6 Å². The largest absolute Gasteiger partial charge is 0.341 e. The maximum atomic E-state index is 12.9. The number of fused-ring (bicyclic) bond motifs is 1. The number of carbonyl (C=O) groups is 1. The molecule has 0 fully saturated rings. The lowest BCUT2D eigenvalue weighted by molar-refractivity contribution is -0.130. The van der Waals surface area contributed by atoms with Gasteiger partial charge in [-0.15, -0.1) is 0 Å². The van der Waals surface area contributed by atoms with Gasteiger partial charge in [-0.1, -0.05) is 35.9 Å². The van der Waals surface area contributed by atoms with Gasteiger partial charge in [-0.3, -0.25) is 9.48 Å². The number of aromatic nitrogens is 2. The molecule has 0 aliphatic carbocycles. The summed E-state index contributed by atoms with van der Waals surface area (Å²) in [5, 5.41) is 5.61. The third kappa shape index (κ3) is 3.57. The number of benzene rings is 2. The lowest BCUT2D eigenvalue weighted by atomic mass is 10.2. The summed E-state index contributed by atoms with van der Waals surface area (Å²) < 4.78 is 14.7. The SMILES string of the molecule is CN(Cc1ccc(F)cc1)C(=O)CCn1nc(Cl)c2ccccc21. The molecule has 0 spiro atoms. The van der Waals surface area contributed by atoms with Crippen LogP contribution < -0.4 is 0 Å². The fraction of sp³-hybridized carbons (Fsp3) is 0.222. The van der Waals surface area contributed by atoms with E-state index in [0.29, 0.717) is 24.7 Å². The molecule has 0 atom stereocenters. The molecule has 124 valence electrons. The van der Waals surface area contributed by atoms with Crippen LogP contribution in [0.5, 0.6) is 0 Å². The molecule has 0 saturated heterocycles. The molecule has 2 aromatic carbocycles. The zero-order valence-electron chi connectivity index (χ0n) is 13.2. The van der Waals surface area contributed by atoms with Crippen molar-refractivity contribution in [2.75, 3.05) is 7.05 Å². The van der Waals surface area contributed by atoms with E-state index in [4.69, 9.17) is 11.6 Å². The normalized spacial score (nSPS) is 11.0. The van der Waals surface area contributed by atoms with Gasteiger partial charge in [0, 0.05) is 25.4 Å². The maximum Gasteiger partial charge on any atom is 0.224 e. The molecule has 6 heteroatoms. The van der Waals surface area contributed by atoms with Crippen LogP contribution in [0.15, 0.2) is 48.5 Å². The Morgan fingerprint density at radius 2 is 1.92 bits per heavy atom. The first-order valence-corrected chi connectivity index (χ1v) is 8.02. The van der Waals surface area contributed by atoms with Crippen LogP contribution in [-0.2, 0) is 17.9 Å². The van der Waals surface area contributed by atoms with E-state index >= 15 is 0 Å². The number of hydrogen-bond acceptors (Lipinski definition) is 2. The van der Waals surface area contributed by atoms with E-state index < -0.39 is 0 Å². The molecule has 0 radical (unpaired) electrons. The number of carbonyl (C=O) groups excluding carboxylic acids is 1. The molecule has 3 rings (SSSR count). The van der Waals surface area contributed by atoms with E-state index in [1.165, 1.54) is 12.1 Å². The zero-order valence-corrected chi connectivity index (χ0v) is 14.0. The molecule has 0 unspecified atom stereocenters. The van der Waals surface area contributed by atoms with E-state index in [1.54, 1.807) is 28.8 Å². The molecule has 0 bridgehead atoms. The third-order valence-electron chi connectivity index (χ3n) is 3.91. The molecule has 3 aromatic rings. The van der Waals surface area contributed by atoms with Crippen LogP contribution in [0.3, 0.4) is 0 Å². The Kier molecular flexibility index (Phi) is 4.81. The van der Waals surface area contributed by atoms with Crippen molar-refractivity contribution in [1.82, 2.24) is 14.7 Å². The standard InChI is InChI=1S/C18H17ClFN3O/c1-22(12-13-6-8-14(20)9-7-13)17(24)10-11-23-16-5-3-2-4-15(16)18(19)21-23/h2-9H,10-12H2,1H3. The number of rotatable bonds is 5. The highest BCUT2D eigenvalue weighted by molar-refractivity contribution is 6.34. The Morgan fingerprint density at radius 1 is 1.21 bits per heavy atom. The molecule has 0 aliphatic rings. The predicted octanol–water partition coefficient (Wildman–Crippen LogP) is 3.88. The third-order valence-corrected chi connectivity index (χ3v) is 4.19. The van der Waals surface area contributed by atoms with Crippen molar-refractivity contribution >= 4 is 28.4 Å². The highest BCUT2D eigenvalue weighted by Gasteiger charge is 2.12. The van der Waals surface area contributed by atoms with Crippen LogP contribution in [0.4, 0.5) is 4.39 Å². The molecule has 0 saturated carbocycles. The molecule has 4 nitrogen and oxygen atoms in total. The van der Waals surface area contributed by atoms with Crippen molar-refractivity contribution < 1.29 is 9.18 Å². The summed E-state index contributed by atoms with van der Waals surface area (Å²) in [7, 11) is 1.74. The van der Waals surface area contributed by atoms with Gasteiger partial charge in [0.1, 0.15) is 5.82 Å². The zero-order chi connectivity index (χ0) is 17.1. The quantitative estimate of drug-likeness (QED) is 0.704. The summed E-state index contributed by atoms with van der Waals surface area (Å²) in [4.78, 5) is 13.9. The number of amides is 1. The number of nitrogens with zero attached hydrogens (tertiary/aromatic N) is 3. The van der Waals surface area contributed by atoms with Gasteiger partial charge in [0.25, 0.3) is 0 Å². The molecular formula is C18H17ClFN3O. The molecule has 1 amide bonds. The van der Waals surface area contributed by atoms with Gasteiger partial charge in [0.05, 0.1) is 12.1 Å². The maximum absolute atomic E-state index is 12.9. The Hall–Kier alpha value is -2.40. The Labute approximate surface area is 144 Å². The van der Waals surface area contributed by atoms with Gasteiger partial charge in [-0.05, 0) is 29.8 Å². The topological polar surface area (TPSA) is 38.1 Å². The van der Waals surface area contributed by atoms with Crippen molar-refractivity contribution in [1.29, 1.82) is 0 Å². The van der Waals surface area contributed by atoms with Gasteiger partial charge in [0.2, 0.25) is 5.91 Å². The molecule has 0 N–H and O–H groups in total. The van der Waals surface area contributed by atoms with Crippen molar-refractivity contribution in [3.8, 4) is 0 Å². The number of hydrogen-bond donors (Lipinski definition) is 0. The summed E-state index contributed by atoms with van der Waals surface area (Å²) in [6, 6.07) is 13.8. The minimum absolute atomic E-state index is 0.00460. The van der Waals surface area contributed by atoms with Crippen LogP contribution in [0.25, 0.3) is 10.9 Å². The summed E-state index contributed by atoms with van der Waals surface area (Å²) in [5.41, 5.74) is 1.80. The van der Waals surface area contributed by atoms with E-state index in [1.807, 2.05) is 24.3 Å². The highest BCUT2D eigenvalue weighted by Crippen LogP contribution is 2.22. The second-order valence-corrected chi connectivity index (χ2v) is 6.02. The lowest BCUT2D eigenvalue weighted by Crippen LogP contribution is -2.27. The van der Waals surface area contributed by atoms with Crippen molar-refractivity contribution in [3.05, 3.63) is 65.1 Å². The summed E-state index contributed by atoms with van der Waals surface area (Å²) >= 11 is 6.12. The first-order chi connectivity index (χ1) is 11.5. The second-order valence-electron chi connectivity index (χ2n) is 5.66. The number of halogens is 2. The predicted molar refractivity (Wildman–Crippen MR) is 92.2 cm³/mol. The first-order valence-electron chi connectivity index (χ1n) is 7.64. The van der Waals surface area contributed by atoms with Gasteiger partial charge >= 0.3 is 0 Å². The van der Waals surface area contributed by atoms with E-state index in [2.05, 4.69) is 5.10 Å². The molecule has 1 aromatic heterocycles. The summed E-state index contributed by atoms with van der Waals surface area (Å²) in [5.74, 6) is -0.287. The van der Waals surface area contributed by atoms with Gasteiger partial charge < -0.3 is 4.90 Å². The Balaban J connectivity index is 1.63. The van der Waals surface area contributed by atoms with Crippen molar-refractivity contribution in [2.24, 2.45) is 0 Å². The fourth-order valence-electron chi connectivity index (χ4n) is 2.60. The van der Waals surface area contributed by atoms with Crippen molar-refractivity contribution in [3.63, 3.8) is 0 Å². The molecule has 1 heterocycles. The van der Waals surface area contributed by atoms with Crippen LogP contribution >= 0.6 is 11.6 Å². The van der Waals surface area contributed by atoms with Crippen LogP contribution in [0.1, 0.15) is 12.0 Å². The number of aryl methyl sites for hydroxylation is 1. The first kappa shape index (κ1) is 16.5. The molecular weight excluding hydrogens is 329 g/mol. The van der Waals surface area contributed by atoms with E-state index in [9.17, 15) is 9.18 Å². The molecule has 0 aliphatic heterocycles. The van der Waals surface area contributed by atoms with E-state index in [0.717, 1.165) is 16.5 Å². The Bertz CT molecular complexity index is 860. The minimum Gasteiger partial charge on any atom is -0.341 e. The summed E-state index contributed by atoms with van der Waals surface area (Å²) in [6.07, 6.45) is 0.319. The van der Waals surface area contributed by atoms with Gasteiger partial charge in [-0.2, -0.15) is 5.10 Å². The van der Waals surface area contributed by atoms with Crippen LogP contribution in [0, 0.1) is 5.82 Å². The summed E-state index contributed by atoms with van der Waals surface area (Å²) in [6.45, 7) is 0.902. The second kappa shape index (κ2) is 7.01. The monoisotopic (exact) mass is 345 g/mol. The highest BCUT2D eigenvalue weighted by atomic mass is 35.5. The van der Waals surface area contributed by atoms with E-state index in [-0.39, 0.29) is 11.7 Å².